The number of carbonyl (C=O) groups is 1. The van der Waals surface area contributed by atoms with Crippen molar-refractivity contribution in [1.29, 1.82) is 0 Å². The van der Waals surface area contributed by atoms with Gasteiger partial charge in [-0.1, -0.05) is 13.0 Å². The van der Waals surface area contributed by atoms with Gasteiger partial charge >= 0.3 is 0 Å². The summed E-state index contributed by atoms with van der Waals surface area (Å²) in [6, 6.07) is 10.2. The van der Waals surface area contributed by atoms with Crippen LogP contribution in [0, 0.1) is 0 Å². The maximum Gasteiger partial charge on any atom is 0.253 e. The number of benzene rings is 1. The number of anilines is 2. The van der Waals surface area contributed by atoms with Crippen LogP contribution < -0.4 is 4.90 Å². The van der Waals surface area contributed by atoms with Gasteiger partial charge < -0.3 is 14.5 Å². The van der Waals surface area contributed by atoms with Gasteiger partial charge in [-0.05, 0) is 54.7 Å². The number of pyridine rings is 1. The lowest BCUT2D eigenvalue weighted by Gasteiger charge is -2.38. The highest BCUT2D eigenvalue weighted by Crippen LogP contribution is 2.48. The minimum atomic E-state index is -0.0520. The molecule has 5 heterocycles. The van der Waals surface area contributed by atoms with Gasteiger partial charge in [-0.3, -0.25) is 9.78 Å². The third-order valence-electron chi connectivity index (χ3n) is 7.13. The monoisotopic (exact) mass is 441 g/mol. The molecule has 2 aromatic heterocycles. The summed E-state index contributed by atoms with van der Waals surface area (Å²) >= 11 is 0. The number of likely N-dealkylation sites (tertiary alicyclic amines) is 1. The predicted octanol–water partition coefficient (Wildman–Crippen LogP) is 3.76. The Morgan fingerprint density at radius 2 is 1.85 bits per heavy atom. The molecule has 168 valence electrons. The molecule has 3 aliphatic rings. The van der Waals surface area contributed by atoms with Crippen molar-refractivity contribution < 1.29 is 9.53 Å². The van der Waals surface area contributed by atoms with Crippen LogP contribution in [0.25, 0.3) is 11.3 Å². The fraction of sp³-hybridized carbons (Fsp3) is 0.385. The molecular weight excluding hydrogens is 414 g/mol. The first-order valence-corrected chi connectivity index (χ1v) is 11.7. The Kier molecular flexibility index (Phi) is 4.87. The molecule has 33 heavy (non-hydrogen) atoms. The number of hydrogen-bond donors (Lipinski definition) is 0. The van der Waals surface area contributed by atoms with Crippen molar-refractivity contribution in [2.75, 3.05) is 37.7 Å². The lowest BCUT2D eigenvalue weighted by molar-refractivity contribution is -0.0507. The molecule has 3 aliphatic heterocycles. The first-order chi connectivity index (χ1) is 16.2. The molecule has 0 radical (unpaired) electrons. The van der Waals surface area contributed by atoms with Gasteiger partial charge in [0.2, 0.25) is 5.95 Å². The van der Waals surface area contributed by atoms with E-state index in [1.165, 1.54) is 11.1 Å². The number of hydrogen-bond acceptors (Lipinski definition) is 6. The van der Waals surface area contributed by atoms with E-state index in [9.17, 15) is 4.79 Å². The Bertz CT molecular complexity index is 1200. The number of ether oxygens (including phenoxy) is 1. The molecule has 7 nitrogen and oxygen atoms in total. The van der Waals surface area contributed by atoms with E-state index < -0.39 is 0 Å². The number of aryl methyl sites for hydroxylation is 1. The zero-order chi connectivity index (χ0) is 22.4. The van der Waals surface area contributed by atoms with Crippen LogP contribution in [0.15, 0.2) is 48.9 Å². The quantitative estimate of drug-likeness (QED) is 0.614. The molecule has 0 atom stereocenters. The van der Waals surface area contributed by atoms with E-state index in [4.69, 9.17) is 14.7 Å². The molecular formula is C26H27N5O2. The molecule has 0 saturated carbocycles. The van der Waals surface area contributed by atoms with Crippen LogP contribution in [-0.2, 0) is 16.6 Å². The number of aromatic nitrogens is 3. The molecule has 1 amide bonds. The van der Waals surface area contributed by atoms with Gasteiger partial charge in [0.25, 0.3) is 5.91 Å². The average molecular weight is 442 g/mol. The Labute approximate surface area is 193 Å². The highest BCUT2D eigenvalue weighted by molar-refractivity contribution is 5.96. The summed E-state index contributed by atoms with van der Waals surface area (Å²) in [5.74, 6) is 0.750. The SMILES string of the molecule is CCc1ccnc(-c2cnc(N3CC4(COC4)c4ccc(C(=O)N5CCCC5)cc43)nc2)c1. The molecule has 0 N–H and O–H groups in total. The van der Waals surface area contributed by atoms with E-state index in [0.717, 1.165) is 61.4 Å². The Balaban J connectivity index is 1.34. The second-order valence-electron chi connectivity index (χ2n) is 9.27. The van der Waals surface area contributed by atoms with Crippen LogP contribution >= 0.6 is 0 Å². The molecule has 0 aliphatic carbocycles. The highest BCUT2D eigenvalue weighted by atomic mass is 16.5. The zero-order valence-corrected chi connectivity index (χ0v) is 18.8. The van der Waals surface area contributed by atoms with E-state index in [0.29, 0.717) is 19.2 Å². The second-order valence-corrected chi connectivity index (χ2v) is 9.27. The fourth-order valence-electron chi connectivity index (χ4n) is 5.13. The summed E-state index contributed by atoms with van der Waals surface area (Å²) in [6.07, 6.45) is 8.63. The summed E-state index contributed by atoms with van der Waals surface area (Å²) in [5.41, 5.74) is 5.93. The molecule has 0 bridgehead atoms. The smallest absolute Gasteiger partial charge is 0.253 e. The minimum Gasteiger partial charge on any atom is -0.379 e. The first kappa shape index (κ1) is 20.3. The van der Waals surface area contributed by atoms with Crippen molar-refractivity contribution in [2.45, 2.75) is 31.6 Å². The van der Waals surface area contributed by atoms with Crippen LogP contribution in [0.3, 0.4) is 0 Å². The lowest BCUT2D eigenvalue weighted by Crippen LogP contribution is -2.49. The van der Waals surface area contributed by atoms with Gasteiger partial charge in [0.1, 0.15) is 0 Å². The second kappa shape index (κ2) is 7.92. The summed E-state index contributed by atoms with van der Waals surface area (Å²) in [5, 5.41) is 0. The molecule has 2 fully saturated rings. The van der Waals surface area contributed by atoms with Crippen LogP contribution in [-0.4, -0.2) is 58.6 Å². The van der Waals surface area contributed by atoms with Crippen LogP contribution in [0.5, 0.6) is 0 Å². The predicted molar refractivity (Wildman–Crippen MR) is 126 cm³/mol. The van der Waals surface area contributed by atoms with Crippen LogP contribution in [0.2, 0.25) is 0 Å². The van der Waals surface area contributed by atoms with Crippen molar-refractivity contribution in [1.82, 2.24) is 19.9 Å². The van der Waals surface area contributed by atoms with Gasteiger partial charge in [-0.15, -0.1) is 0 Å². The molecule has 1 spiro atoms. The van der Waals surface area contributed by atoms with Gasteiger partial charge in [-0.25, -0.2) is 9.97 Å². The number of fused-ring (bicyclic) bond motifs is 2. The average Bonchev–Trinajstić information content (AvgIpc) is 3.50. The van der Waals surface area contributed by atoms with Gasteiger partial charge in [-0.2, -0.15) is 0 Å². The normalized spacial score (nSPS) is 18.5. The molecule has 3 aromatic rings. The third kappa shape index (κ3) is 3.38. The maximum atomic E-state index is 13.0. The maximum absolute atomic E-state index is 13.0. The van der Waals surface area contributed by atoms with Gasteiger partial charge in [0, 0.05) is 55.0 Å². The van der Waals surface area contributed by atoms with E-state index in [2.05, 4.69) is 28.9 Å². The van der Waals surface area contributed by atoms with Gasteiger partial charge in [0.05, 0.1) is 24.3 Å². The molecule has 1 aromatic carbocycles. The van der Waals surface area contributed by atoms with Gasteiger partial charge in [0.15, 0.2) is 0 Å². The van der Waals surface area contributed by atoms with Crippen molar-refractivity contribution in [3.05, 3.63) is 65.6 Å². The molecule has 6 rings (SSSR count). The summed E-state index contributed by atoms with van der Waals surface area (Å²) < 4.78 is 5.61. The zero-order valence-electron chi connectivity index (χ0n) is 18.8. The van der Waals surface area contributed by atoms with Crippen LogP contribution in [0.1, 0.15) is 41.3 Å². The third-order valence-corrected chi connectivity index (χ3v) is 7.13. The van der Waals surface area contributed by atoms with Crippen molar-refractivity contribution in [3.63, 3.8) is 0 Å². The number of amides is 1. The first-order valence-electron chi connectivity index (χ1n) is 11.7. The molecule has 2 saturated heterocycles. The Morgan fingerprint density at radius 1 is 1.06 bits per heavy atom. The summed E-state index contributed by atoms with van der Waals surface area (Å²) in [7, 11) is 0. The fourth-order valence-corrected chi connectivity index (χ4v) is 5.13. The van der Waals surface area contributed by atoms with E-state index in [1.807, 2.05) is 41.7 Å². The topological polar surface area (TPSA) is 71.5 Å². The summed E-state index contributed by atoms with van der Waals surface area (Å²) in [4.78, 5) is 31.0. The summed E-state index contributed by atoms with van der Waals surface area (Å²) in [6.45, 7) is 5.94. The number of nitrogens with zero attached hydrogens (tertiary/aromatic N) is 5. The minimum absolute atomic E-state index is 0.0520. The standard InChI is InChI=1S/C26H27N5O2/c1-2-18-7-8-27-22(11-18)20-13-28-25(29-14-20)31-15-26(16-33-17-26)21-6-5-19(12-23(21)31)24(32)30-9-3-4-10-30/h5-8,11-14H,2-4,9-10,15-17H2,1H3. The van der Waals surface area contributed by atoms with E-state index in [-0.39, 0.29) is 11.3 Å². The Morgan fingerprint density at radius 3 is 2.55 bits per heavy atom. The molecule has 0 unspecified atom stereocenters. The highest BCUT2D eigenvalue weighted by Gasteiger charge is 2.49. The van der Waals surface area contributed by atoms with Crippen LogP contribution in [0.4, 0.5) is 11.6 Å². The number of rotatable bonds is 4. The lowest BCUT2D eigenvalue weighted by atomic mass is 9.80. The van der Waals surface area contributed by atoms with Crippen molar-refractivity contribution in [2.24, 2.45) is 0 Å². The van der Waals surface area contributed by atoms with Crippen molar-refractivity contribution in [3.8, 4) is 11.3 Å². The number of carbonyl (C=O) groups excluding carboxylic acids is 1. The largest absolute Gasteiger partial charge is 0.379 e. The van der Waals surface area contributed by atoms with E-state index >= 15 is 0 Å². The Hall–Kier alpha value is -3.32. The molecule has 7 heteroatoms. The van der Waals surface area contributed by atoms with Crippen molar-refractivity contribution >= 4 is 17.5 Å². The van der Waals surface area contributed by atoms with E-state index in [1.54, 1.807) is 0 Å².